The largest absolute Gasteiger partial charge is 0.377 e. The lowest BCUT2D eigenvalue weighted by atomic mass is 10.3. The number of morpholine rings is 1. The van der Waals surface area contributed by atoms with Crippen LogP contribution in [0.4, 0.5) is 10.6 Å². The zero-order chi connectivity index (χ0) is 15.2. The molecular formula is C13H18Cl2N4O2. The molecule has 0 saturated carbocycles. The van der Waals surface area contributed by atoms with E-state index < -0.39 is 0 Å². The maximum absolute atomic E-state index is 12.0. The molecule has 0 spiro atoms. The fourth-order valence-electron chi connectivity index (χ4n) is 2.03. The molecule has 1 aliphatic rings. The summed E-state index contributed by atoms with van der Waals surface area (Å²) in [6.07, 6.45) is 1.52. The van der Waals surface area contributed by atoms with E-state index in [1.807, 2.05) is 6.92 Å². The molecule has 21 heavy (non-hydrogen) atoms. The predicted octanol–water partition coefficient (Wildman–Crippen LogP) is 2.23. The molecule has 0 radical (unpaired) electrons. The first kappa shape index (κ1) is 16.1. The third kappa shape index (κ3) is 4.62. The van der Waals surface area contributed by atoms with Gasteiger partial charge in [0.2, 0.25) is 0 Å². The van der Waals surface area contributed by atoms with E-state index in [4.69, 9.17) is 27.9 Å². The molecule has 0 aliphatic carbocycles. The number of ether oxygens (including phenoxy) is 1. The molecule has 2 amide bonds. The fourth-order valence-corrected chi connectivity index (χ4v) is 2.47. The number of amides is 2. The highest BCUT2D eigenvalue weighted by molar-refractivity contribution is 6.35. The van der Waals surface area contributed by atoms with Crippen molar-refractivity contribution >= 4 is 35.1 Å². The minimum atomic E-state index is -0.0808. The number of pyridine rings is 1. The Labute approximate surface area is 133 Å². The molecule has 8 heteroatoms. The van der Waals surface area contributed by atoms with Crippen LogP contribution in [-0.4, -0.2) is 54.8 Å². The third-order valence-corrected chi connectivity index (χ3v) is 3.62. The van der Waals surface area contributed by atoms with E-state index in [9.17, 15) is 4.79 Å². The van der Waals surface area contributed by atoms with Gasteiger partial charge in [0, 0.05) is 25.8 Å². The van der Waals surface area contributed by atoms with Crippen LogP contribution in [0.3, 0.4) is 0 Å². The molecule has 1 aromatic rings. The van der Waals surface area contributed by atoms with Crippen molar-refractivity contribution in [3.05, 3.63) is 22.3 Å². The van der Waals surface area contributed by atoms with Crippen LogP contribution in [0.15, 0.2) is 12.3 Å². The molecule has 2 N–H and O–H groups in total. The molecule has 1 aliphatic heterocycles. The number of urea groups is 1. The van der Waals surface area contributed by atoms with E-state index in [1.165, 1.54) is 6.20 Å². The van der Waals surface area contributed by atoms with Gasteiger partial charge in [-0.3, -0.25) is 0 Å². The topological polar surface area (TPSA) is 66.5 Å². The molecule has 1 aromatic heterocycles. The molecule has 116 valence electrons. The number of rotatable bonds is 4. The Morgan fingerprint density at radius 2 is 2.33 bits per heavy atom. The first-order valence-electron chi connectivity index (χ1n) is 6.75. The second kappa shape index (κ2) is 7.68. The van der Waals surface area contributed by atoms with Crippen molar-refractivity contribution in [3.8, 4) is 0 Å². The van der Waals surface area contributed by atoms with Crippen molar-refractivity contribution in [1.29, 1.82) is 0 Å². The lowest BCUT2D eigenvalue weighted by molar-refractivity contribution is 0.0191. The molecule has 0 unspecified atom stereocenters. The van der Waals surface area contributed by atoms with E-state index in [0.29, 0.717) is 48.7 Å². The highest BCUT2D eigenvalue weighted by atomic mass is 35.5. The number of anilines is 1. The summed E-state index contributed by atoms with van der Waals surface area (Å²) < 4.78 is 5.30. The van der Waals surface area contributed by atoms with Gasteiger partial charge in [0.1, 0.15) is 5.82 Å². The normalized spacial score (nSPS) is 18.4. The summed E-state index contributed by atoms with van der Waals surface area (Å²) in [5.41, 5.74) is 0. The van der Waals surface area contributed by atoms with Crippen molar-refractivity contribution in [3.63, 3.8) is 0 Å². The Kier molecular flexibility index (Phi) is 5.90. The number of hydrogen-bond donors (Lipinski definition) is 2. The monoisotopic (exact) mass is 332 g/mol. The average Bonchev–Trinajstić information content (AvgIpc) is 2.45. The van der Waals surface area contributed by atoms with Crippen LogP contribution in [0.25, 0.3) is 0 Å². The molecule has 6 nitrogen and oxygen atoms in total. The van der Waals surface area contributed by atoms with Crippen LogP contribution >= 0.6 is 23.2 Å². The van der Waals surface area contributed by atoms with Crippen molar-refractivity contribution in [2.45, 2.75) is 13.0 Å². The lowest BCUT2D eigenvalue weighted by Gasteiger charge is -2.33. The Bertz CT molecular complexity index is 501. The lowest BCUT2D eigenvalue weighted by Crippen LogP contribution is -2.51. The van der Waals surface area contributed by atoms with Crippen LogP contribution < -0.4 is 10.6 Å². The van der Waals surface area contributed by atoms with Crippen LogP contribution in [0, 0.1) is 0 Å². The minimum absolute atomic E-state index is 0.0808. The summed E-state index contributed by atoms with van der Waals surface area (Å²) in [5.74, 6) is 0.551. The van der Waals surface area contributed by atoms with Crippen molar-refractivity contribution in [2.75, 3.05) is 38.2 Å². The number of carbonyl (C=O) groups is 1. The molecule has 1 saturated heterocycles. The van der Waals surface area contributed by atoms with Gasteiger partial charge < -0.3 is 20.3 Å². The molecule has 1 atom stereocenters. The van der Waals surface area contributed by atoms with E-state index >= 15 is 0 Å². The number of aromatic nitrogens is 1. The van der Waals surface area contributed by atoms with Gasteiger partial charge in [-0.1, -0.05) is 23.2 Å². The number of nitrogens with zero attached hydrogens (tertiary/aromatic N) is 2. The zero-order valence-corrected chi connectivity index (χ0v) is 13.2. The molecule has 2 heterocycles. The Morgan fingerprint density at radius 3 is 3.05 bits per heavy atom. The molecule has 0 aromatic carbocycles. The minimum Gasteiger partial charge on any atom is -0.377 e. The van der Waals surface area contributed by atoms with E-state index in [2.05, 4.69) is 15.6 Å². The summed E-state index contributed by atoms with van der Waals surface area (Å²) in [7, 11) is 0. The SMILES string of the molecule is C[C@H]1COCCN1C(=O)NCCNc1ncc(Cl)cc1Cl. The quantitative estimate of drug-likeness (QED) is 0.830. The maximum atomic E-state index is 12.0. The Hall–Kier alpha value is -1.24. The van der Waals surface area contributed by atoms with Gasteiger partial charge >= 0.3 is 6.03 Å². The summed E-state index contributed by atoms with van der Waals surface area (Å²) in [4.78, 5) is 17.9. The Morgan fingerprint density at radius 1 is 1.52 bits per heavy atom. The second-order valence-electron chi connectivity index (χ2n) is 4.76. The molecule has 1 fully saturated rings. The number of halogens is 2. The Balaban J connectivity index is 1.73. The second-order valence-corrected chi connectivity index (χ2v) is 5.60. The van der Waals surface area contributed by atoms with Crippen LogP contribution in [-0.2, 0) is 4.74 Å². The average molecular weight is 333 g/mol. The summed E-state index contributed by atoms with van der Waals surface area (Å²) in [6, 6.07) is 1.63. The smallest absolute Gasteiger partial charge is 0.317 e. The summed E-state index contributed by atoms with van der Waals surface area (Å²) in [6.45, 7) is 4.75. The highest BCUT2D eigenvalue weighted by Crippen LogP contribution is 2.21. The summed E-state index contributed by atoms with van der Waals surface area (Å²) in [5, 5.41) is 6.85. The van der Waals surface area contributed by atoms with Crippen molar-refractivity contribution in [2.24, 2.45) is 0 Å². The predicted molar refractivity (Wildman–Crippen MR) is 83.1 cm³/mol. The highest BCUT2D eigenvalue weighted by Gasteiger charge is 2.23. The van der Waals surface area contributed by atoms with Gasteiger partial charge in [-0.05, 0) is 13.0 Å². The van der Waals surface area contributed by atoms with Crippen molar-refractivity contribution < 1.29 is 9.53 Å². The molecular weight excluding hydrogens is 315 g/mol. The first-order chi connectivity index (χ1) is 10.1. The van der Waals surface area contributed by atoms with Gasteiger partial charge in [0.25, 0.3) is 0 Å². The van der Waals surface area contributed by atoms with Gasteiger partial charge in [0.15, 0.2) is 0 Å². The van der Waals surface area contributed by atoms with Crippen LogP contribution in [0.2, 0.25) is 10.0 Å². The van der Waals surface area contributed by atoms with Crippen molar-refractivity contribution in [1.82, 2.24) is 15.2 Å². The van der Waals surface area contributed by atoms with E-state index in [0.717, 1.165) is 0 Å². The molecule has 0 bridgehead atoms. The van der Waals surface area contributed by atoms with Crippen LogP contribution in [0.1, 0.15) is 6.92 Å². The van der Waals surface area contributed by atoms with E-state index in [-0.39, 0.29) is 12.1 Å². The zero-order valence-electron chi connectivity index (χ0n) is 11.7. The third-order valence-electron chi connectivity index (χ3n) is 3.13. The fraction of sp³-hybridized carbons (Fsp3) is 0.538. The van der Waals surface area contributed by atoms with Gasteiger partial charge in [0.05, 0.1) is 29.3 Å². The van der Waals surface area contributed by atoms with Gasteiger partial charge in [-0.25, -0.2) is 9.78 Å². The molecule has 2 rings (SSSR count). The van der Waals surface area contributed by atoms with E-state index in [1.54, 1.807) is 11.0 Å². The van der Waals surface area contributed by atoms with Gasteiger partial charge in [-0.2, -0.15) is 0 Å². The maximum Gasteiger partial charge on any atom is 0.317 e. The standard InChI is InChI=1S/C13H18Cl2N4O2/c1-9-8-21-5-4-19(9)13(20)17-3-2-16-12-11(15)6-10(14)7-18-12/h6-7,9H,2-5,8H2,1H3,(H,16,18)(H,17,20)/t9-/m0/s1. The number of nitrogens with one attached hydrogen (secondary N) is 2. The summed E-state index contributed by atoms with van der Waals surface area (Å²) >= 11 is 11.8. The van der Waals surface area contributed by atoms with Crippen LogP contribution in [0.5, 0.6) is 0 Å². The number of hydrogen-bond acceptors (Lipinski definition) is 4. The first-order valence-corrected chi connectivity index (χ1v) is 7.50. The number of carbonyl (C=O) groups excluding carboxylic acids is 1. The van der Waals surface area contributed by atoms with Gasteiger partial charge in [-0.15, -0.1) is 0 Å².